The standard InChI is InChI=1S/C36H70N2/c1-5-7-9-11-13-15-17-18-19-20-21-23-25-27-29-31-35(4)38-33-32-37-36(38)34(3)30-28-26-24-22-16-14-12-10-8-6-2/h32-35H,5-31H2,1-4H3/p+1. The molecule has 224 valence electrons. The molecular formula is C36H71N2+. The van der Waals surface area contributed by atoms with E-state index in [1.807, 2.05) is 0 Å². The van der Waals surface area contributed by atoms with E-state index < -0.39 is 0 Å². The Kier molecular flexibility index (Phi) is 24.5. The maximum absolute atomic E-state index is 3.59. The van der Waals surface area contributed by atoms with Crippen LogP contribution in [0.2, 0.25) is 0 Å². The largest absolute Gasteiger partial charge is 0.257 e. The number of nitrogens with zero attached hydrogens (tertiary/aromatic N) is 1. The second-order valence-electron chi connectivity index (χ2n) is 12.7. The second-order valence-corrected chi connectivity index (χ2v) is 12.7. The lowest BCUT2D eigenvalue weighted by atomic mass is 10.00. The number of hydrogen-bond donors (Lipinski definition) is 1. The maximum Gasteiger partial charge on any atom is 0.257 e. The van der Waals surface area contributed by atoms with Crippen LogP contribution in [0.3, 0.4) is 0 Å². The molecule has 0 fully saturated rings. The molecule has 2 heteroatoms. The van der Waals surface area contributed by atoms with Crippen molar-refractivity contribution >= 4 is 0 Å². The minimum atomic E-state index is 0.619. The van der Waals surface area contributed by atoms with E-state index in [4.69, 9.17) is 0 Å². The van der Waals surface area contributed by atoms with Crippen LogP contribution >= 0.6 is 0 Å². The van der Waals surface area contributed by atoms with Crippen LogP contribution in [0.5, 0.6) is 0 Å². The lowest BCUT2D eigenvalue weighted by molar-refractivity contribution is -0.727. The molecule has 0 aliphatic heterocycles. The van der Waals surface area contributed by atoms with E-state index in [2.05, 4.69) is 49.6 Å². The third-order valence-electron chi connectivity index (χ3n) is 8.90. The number of aromatic nitrogens is 2. The van der Waals surface area contributed by atoms with Crippen LogP contribution in [0.15, 0.2) is 12.4 Å². The summed E-state index contributed by atoms with van der Waals surface area (Å²) in [4.78, 5) is 3.59. The van der Waals surface area contributed by atoms with Gasteiger partial charge in [-0.15, -0.1) is 0 Å². The van der Waals surface area contributed by atoms with Crippen LogP contribution in [0.4, 0.5) is 0 Å². The number of hydrogen-bond acceptors (Lipinski definition) is 0. The molecule has 0 aromatic carbocycles. The highest BCUT2D eigenvalue weighted by Gasteiger charge is 2.22. The van der Waals surface area contributed by atoms with Crippen molar-refractivity contribution in [3.63, 3.8) is 0 Å². The third kappa shape index (κ3) is 19.3. The van der Waals surface area contributed by atoms with Crippen molar-refractivity contribution in [1.82, 2.24) is 4.98 Å². The zero-order valence-corrected chi connectivity index (χ0v) is 26.8. The van der Waals surface area contributed by atoms with Crippen molar-refractivity contribution in [1.29, 1.82) is 0 Å². The summed E-state index contributed by atoms with van der Waals surface area (Å²) in [6, 6.07) is 0.619. The number of H-pyrrole nitrogens is 1. The Morgan fingerprint density at radius 2 is 0.842 bits per heavy atom. The smallest absolute Gasteiger partial charge is 0.247 e. The average Bonchev–Trinajstić information content (AvgIpc) is 3.42. The topological polar surface area (TPSA) is 19.7 Å². The van der Waals surface area contributed by atoms with E-state index in [1.54, 1.807) is 0 Å². The van der Waals surface area contributed by atoms with Crippen LogP contribution in [0, 0.1) is 0 Å². The van der Waals surface area contributed by atoms with E-state index in [-0.39, 0.29) is 0 Å². The molecule has 1 aromatic heterocycles. The van der Waals surface area contributed by atoms with E-state index in [0.29, 0.717) is 12.0 Å². The number of imidazole rings is 1. The van der Waals surface area contributed by atoms with Gasteiger partial charge in [0, 0.05) is 0 Å². The Bertz CT molecular complexity index is 592. The van der Waals surface area contributed by atoms with Gasteiger partial charge < -0.3 is 0 Å². The predicted molar refractivity (Wildman–Crippen MR) is 170 cm³/mol. The molecule has 0 radical (unpaired) electrons. The van der Waals surface area contributed by atoms with Gasteiger partial charge >= 0.3 is 0 Å². The monoisotopic (exact) mass is 532 g/mol. The Morgan fingerprint density at radius 3 is 1.24 bits per heavy atom. The molecule has 2 unspecified atom stereocenters. The lowest BCUT2D eigenvalue weighted by Crippen LogP contribution is -2.40. The van der Waals surface area contributed by atoms with Gasteiger partial charge in [0.05, 0.1) is 12.0 Å². The van der Waals surface area contributed by atoms with Crippen molar-refractivity contribution in [2.75, 3.05) is 0 Å². The van der Waals surface area contributed by atoms with Gasteiger partial charge in [0.15, 0.2) is 0 Å². The van der Waals surface area contributed by atoms with Gasteiger partial charge in [-0.2, -0.15) is 0 Å². The average molecular weight is 532 g/mol. The summed E-state index contributed by atoms with van der Waals surface area (Å²) in [6.45, 7) is 9.46. The summed E-state index contributed by atoms with van der Waals surface area (Å²) in [5.41, 5.74) is 0. The summed E-state index contributed by atoms with van der Waals surface area (Å²) in [7, 11) is 0. The molecule has 1 heterocycles. The number of unbranched alkanes of at least 4 members (excludes halogenated alkanes) is 23. The van der Waals surface area contributed by atoms with Crippen LogP contribution in [0.1, 0.15) is 219 Å². The zero-order chi connectivity index (χ0) is 27.5. The summed E-state index contributed by atoms with van der Waals surface area (Å²) in [5, 5.41) is 0. The summed E-state index contributed by atoms with van der Waals surface area (Å²) < 4.78 is 2.55. The van der Waals surface area contributed by atoms with Gasteiger partial charge in [0.2, 0.25) is 0 Å². The van der Waals surface area contributed by atoms with E-state index in [1.165, 1.54) is 179 Å². The molecule has 0 spiro atoms. The highest BCUT2D eigenvalue weighted by atomic mass is 15.1. The lowest BCUT2D eigenvalue weighted by Gasteiger charge is -2.14. The quantitative estimate of drug-likeness (QED) is 0.0783. The summed E-state index contributed by atoms with van der Waals surface area (Å²) in [5.74, 6) is 2.09. The second kappa shape index (κ2) is 26.4. The third-order valence-corrected chi connectivity index (χ3v) is 8.90. The van der Waals surface area contributed by atoms with Gasteiger partial charge in [-0.25, -0.2) is 9.55 Å². The fraction of sp³-hybridized carbons (Fsp3) is 0.917. The molecule has 0 bridgehead atoms. The first-order valence-corrected chi connectivity index (χ1v) is 17.8. The molecule has 0 aliphatic rings. The normalized spacial score (nSPS) is 13.3. The molecule has 2 nitrogen and oxygen atoms in total. The van der Waals surface area contributed by atoms with Crippen LogP contribution in [0.25, 0.3) is 0 Å². The molecule has 1 aromatic rings. The van der Waals surface area contributed by atoms with Crippen molar-refractivity contribution in [3.8, 4) is 0 Å². The molecule has 1 N–H and O–H groups in total. The fourth-order valence-electron chi connectivity index (χ4n) is 6.16. The first kappa shape index (κ1) is 35.2. The molecule has 0 aliphatic carbocycles. The molecular weight excluding hydrogens is 460 g/mol. The first-order chi connectivity index (χ1) is 18.7. The summed E-state index contributed by atoms with van der Waals surface area (Å²) in [6.07, 6.45) is 43.0. The molecule has 1 rings (SSSR count). The number of aromatic amines is 1. The van der Waals surface area contributed by atoms with Crippen molar-refractivity contribution in [2.45, 2.75) is 213 Å². The Balaban J connectivity index is 2.00. The van der Waals surface area contributed by atoms with E-state index in [9.17, 15) is 0 Å². The van der Waals surface area contributed by atoms with E-state index >= 15 is 0 Å². The van der Waals surface area contributed by atoms with Gasteiger partial charge in [-0.1, -0.05) is 175 Å². The highest BCUT2D eigenvalue weighted by Crippen LogP contribution is 2.21. The van der Waals surface area contributed by atoms with Gasteiger partial charge in [-0.05, 0) is 26.2 Å². The van der Waals surface area contributed by atoms with Crippen molar-refractivity contribution in [2.24, 2.45) is 0 Å². The van der Waals surface area contributed by atoms with Crippen molar-refractivity contribution in [3.05, 3.63) is 18.2 Å². The van der Waals surface area contributed by atoms with E-state index in [0.717, 1.165) is 0 Å². The SMILES string of the molecule is CCCCCCCCCCCCCCCCCC(C)[n+]1cc[nH]c1C(C)CCCCCCCCCCCC. The van der Waals surface area contributed by atoms with Crippen LogP contribution < -0.4 is 4.57 Å². The Labute approximate surface area is 240 Å². The molecule has 0 saturated carbocycles. The van der Waals surface area contributed by atoms with Gasteiger partial charge in [-0.3, -0.25) is 0 Å². The fourth-order valence-corrected chi connectivity index (χ4v) is 6.16. The minimum absolute atomic E-state index is 0.619. The molecule has 2 atom stereocenters. The minimum Gasteiger partial charge on any atom is -0.247 e. The number of nitrogens with one attached hydrogen (secondary N) is 1. The molecule has 38 heavy (non-hydrogen) atoms. The Hall–Kier alpha value is -0.790. The zero-order valence-electron chi connectivity index (χ0n) is 26.8. The van der Waals surface area contributed by atoms with Crippen LogP contribution in [-0.2, 0) is 0 Å². The van der Waals surface area contributed by atoms with Crippen LogP contribution in [-0.4, -0.2) is 4.98 Å². The predicted octanol–water partition coefficient (Wildman–Crippen LogP) is 12.5. The first-order valence-electron chi connectivity index (χ1n) is 17.8. The maximum atomic E-state index is 3.59. The van der Waals surface area contributed by atoms with Crippen molar-refractivity contribution < 1.29 is 4.57 Å². The van der Waals surface area contributed by atoms with Gasteiger partial charge in [0.25, 0.3) is 5.82 Å². The Morgan fingerprint density at radius 1 is 0.500 bits per heavy atom. The van der Waals surface area contributed by atoms with Gasteiger partial charge in [0.1, 0.15) is 12.4 Å². The highest BCUT2D eigenvalue weighted by molar-refractivity contribution is 4.87. The number of rotatable bonds is 29. The summed E-state index contributed by atoms with van der Waals surface area (Å²) >= 11 is 0. The molecule has 0 saturated heterocycles. The molecule has 0 amide bonds.